The summed E-state index contributed by atoms with van der Waals surface area (Å²) < 4.78 is 0. The van der Waals surface area contributed by atoms with Crippen LogP contribution in [0.5, 0.6) is 0 Å². The highest BCUT2D eigenvalue weighted by atomic mass is 16.2. The summed E-state index contributed by atoms with van der Waals surface area (Å²) in [4.78, 5) is 28.3. The molecule has 3 N–H and O–H groups in total. The van der Waals surface area contributed by atoms with Crippen molar-refractivity contribution in [2.45, 2.75) is 25.7 Å². The topological polar surface area (TPSA) is 77.2 Å². The molecule has 1 saturated heterocycles. The van der Waals surface area contributed by atoms with Crippen LogP contribution >= 0.6 is 0 Å². The van der Waals surface area contributed by atoms with Gasteiger partial charge >= 0.3 is 0 Å². The Hall–Kier alpha value is -2.34. The van der Waals surface area contributed by atoms with Crippen molar-refractivity contribution < 1.29 is 9.59 Å². The number of likely N-dealkylation sites (tertiary alicyclic amines) is 1. The minimum absolute atomic E-state index is 0.0240. The van der Waals surface area contributed by atoms with Crippen LogP contribution in [0.15, 0.2) is 30.5 Å². The molecule has 0 aliphatic carbocycles. The second-order valence-corrected chi connectivity index (χ2v) is 6.67. The molecule has 1 aliphatic heterocycles. The number of aromatic amines is 1. The SMILES string of the molecule is CC(=O)NCCNC(=O)CN1CCC(c2c[nH]c3ccccc23)CC1. The number of aromatic nitrogens is 1. The fourth-order valence-electron chi connectivity index (χ4n) is 3.53. The fourth-order valence-corrected chi connectivity index (χ4v) is 3.53. The molecule has 6 nitrogen and oxygen atoms in total. The molecular weight excluding hydrogens is 316 g/mol. The number of carbonyl (C=O) groups is 2. The third-order valence-corrected chi connectivity index (χ3v) is 4.84. The molecule has 0 bridgehead atoms. The van der Waals surface area contributed by atoms with E-state index in [2.05, 4.69) is 51.0 Å². The van der Waals surface area contributed by atoms with Crippen LogP contribution in [0.2, 0.25) is 0 Å². The van der Waals surface area contributed by atoms with Crippen LogP contribution in [-0.2, 0) is 9.59 Å². The van der Waals surface area contributed by atoms with Gasteiger partial charge in [0, 0.05) is 37.1 Å². The van der Waals surface area contributed by atoms with E-state index in [4.69, 9.17) is 0 Å². The number of amides is 2. The second kappa shape index (κ2) is 8.16. The first-order valence-electron chi connectivity index (χ1n) is 8.93. The van der Waals surface area contributed by atoms with Gasteiger partial charge in [-0.15, -0.1) is 0 Å². The smallest absolute Gasteiger partial charge is 0.234 e. The van der Waals surface area contributed by atoms with Crippen LogP contribution in [0.25, 0.3) is 10.9 Å². The van der Waals surface area contributed by atoms with Gasteiger partial charge in [-0.2, -0.15) is 0 Å². The molecule has 2 heterocycles. The second-order valence-electron chi connectivity index (χ2n) is 6.67. The van der Waals surface area contributed by atoms with E-state index >= 15 is 0 Å². The Balaban J connectivity index is 1.44. The Morgan fingerprint density at radius 1 is 1.16 bits per heavy atom. The van der Waals surface area contributed by atoms with E-state index < -0.39 is 0 Å². The van der Waals surface area contributed by atoms with E-state index in [9.17, 15) is 9.59 Å². The van der Waals surface area contributed by atoms with Gasteiger partial charge < -0.3 is 15.6 Å². The van der Waals surface area contributed by atoms with Crippen LogP contribution in [0.4, 0.5) is 0 Å². The molecule has 134 valence electrons. The summed E-state index contributed by atoms with van der Waals surface area (Å²) in [6.45, 7) is 4.72. The zero-order chi connectivity index (χ0) is 17.6. The molecule has 0 atom stereocenters. The van der Waals surface area contributed by atoms with Crippen molar-refractivity contribution in [1.82, 2.24) is 20.5 Å². The zero-order valence-electron chi connectivity index (χ0n) is 14.7. The van der Waals surface area contributed by atoms with Gasteiger partial charge in [0.05, 0.1) is 6.54 Å². The van der Waals surface area contributed by atoms with Crippen molar-refractivity contribution in [3.8, 4) is 0 Å². The number of rotatable bonds is 6. The Labute approximate surface area is 148 Å². The molecule has 2 aromatic rings. The summed E-state index contributed by atoms with van der Waals surface area (Å²) in [6.07, 6.45) is 4.28. The molecule has 0 spiro atoms. The van der Waals surface area contributed by atoms with Crippen LogP contribution in [0.3, 0.4) is 0 Å². The van der Waals surface area contributed by atoms with Gasteiger partial charge in [-0.3, -0.25) is 14.5 Å². The third-order valence-electron chi connectivity index (χ3n) is 4.84. The van der Waals surface area contributed by atoms with E-state index in [0.717, 1.165) is 25.9 Å². The van der Waals surface area contributed by atoms with E-state index in [0.29, 0.717) is 25.6 Å². The molecule has 1 aromatic heterocycles. The van der Waals surface area contributed by atoms with Crippen LogP contribution in [-0.4, -0.2) is 54.4 Å². The maximum atomic E-state index is 12.0. The summed E-state index contributed by atoms with van der Waals surface area (Å²) in [5.74, 6) is 0.500. The highest BCUT2D eigenvalue weighted by molar-refractivity contribution is 5.83. The normalized spacial score (nSPS) is 16.0. The van der Waals surface area contributed by atoms with Gasteiger partial charge in [0.25, 0.3) is 0 Å². The van der Waals surface area contributed by atoms with Gasteiger partial charge in [-0.25, -0.2) is 0 Å². The van der Waals surface area contributed by atoms with Crippen molar-refractivity contribution >= 4 is 22.7 Å². The zero-order valence-corrected chi connectivity index (χ0v) is 14.7. The van der Waals surface area contributed by atoms with Crippen LogP contribution in [0, 0.1) is 0 Å². The van der Waals surface area contributed by atoms with Crippen molar-refractivity contribution in [3.05, 3.63) is 36.0 Å². The summed E-state index contributed by atoms with van der Waals surface area (Å²) >= 11 is 0. The standard InChI is InChI=1S/C19H26N4O2/c1-14(24)20-8-9-21-19(25)13-23-10-6-15(7-11-23)17-12-22-18-5-3-2-4-16(17)18/h2-5,12,15,22H,6-11,13H2,1H3,(H,20,24)(H,21,25). The first-order valence-corrected chi connectivity index (χ1v) is 8.93. The summed E-state index contributed by atoms with van der Waals surface area (Å²) in [5.41, 5.74) is 2.59. The third kappa shape index (κ3) is 4.60. The lowest BCUT2D eigenvalue weighted by Crippen LogP contribution is -2.43. The largest absolute Gasteiger partial charge is 0.361 e. The molecule has 1 aliphatic rings. The minimum Gasteiger partial charge on any atom is -0.361 e. The molecule has 1 aromatic carbocycles. The van der Waals surface area contributed by atoms with Gasteiger partial charge in [-0.05, 0) is 43.5 Å². The lowest BCUT2D eigenvalue weighted by atomic mass is 9.89. The quantitative estimate of drug-likeness (QED) is 0.698. The number of fused-ring (bicyclic) bond motifs is 1. The van der Waals surface area contributed by atoms with Gasteiger partial charge in [-0.1, -0.05) is 18.2 Å². The predicted molar refractivity (Wildman–Crippen MR) is 98.4 cm³/mol. The van der Waals surface area contributed by atoms with Crippen LogP contribution in [0.1, 0.15) is 31.2 Å². The summed E-state index contributed by atoms with van der Waals surface area (Å²) in [7, 11) is 0. The average Bonchev–Trinajstić information content (AvgIpc) is 3.03. The monoisotopic (exact) mass is 342 g/mol. The summed E-state index contributed by atoms with van der Waals surface area (Å²) in [6, 6.07) is 8.42. The molecular formula is C19H26N4O2. The van der Waals surface area contributed by atoms with Gasteiger partial charge in [0.2, 0.25) is 11.8 Å². The fraction of sp³-hybridized carbons (Fsp3) is 0.474. The van der Waals surface area contributed by atoms with E-state index in [1.807, 2.05) is 0 Å². The summed E-state index contributed by atoms with van der Waals surface area (Å²) in [5, 5.41) is 6.83. The molecule has 2 amide bonds. The number of piperidine rings is 1. The Morgan fingerprint density at radius 3 is 2.64 bits per heavy atom. The number of nitrogens with zero attached hydrogens (tertiary/aromatic N) is 1. The molecule has 25 heavy (non-hydrogen) atoms. The van der Waals surface area contributed by atoms with E-state index in [-0.39, 0.29) is 11.8 Å². The molecule has 0 unspecified atom stereocenters. The number of H-pyrrole nitrogens is 1. The van der Waals surface area contributed by atoms with E-state index in [1.165, 1.54) is 23.4 Å². The van der Waals surface area contributed by atoms with E-state index in [1.54, 1.807) is 0 Å². The molecule has 0 radical (unpaired) electrons. The predicted octanol–water partition coefficient (Wildman–Crippen LogP) is 1.60. The number of hydrogen-bond donors (Lipinski definition) is 3. The first kappa shape index (κ1) is 17.5. The molecule has 3 rings (SSSR count). The van der Waals surface area contributed by atoms with Crippen molar-refractivity contribution in [2.75, 3.05) is 32.7 Å². The Bertz CT molecular complexity index is 732. The number of carbonyl (C=O) groups excluding carboxylic acids is 2. The highest BCUT2D eigenvalue weighted by Gasteiger charge is 2.23. The van der Waals surface area contributed by atoms with Crippen LogP contribution < -0.4 is 10.6 Å². The first-order chi connectivity index (χ1) is 12.1. The molecule has 1 fully saturated rings. The van der Waals surface area contributed by atoms with Gasteiger partial charge in [0.1, 0.15) is 0 Å². The lowest BCUT2D eigenvalue weighted by Gasteiger charge is -2.31. The van der Waals surface area contributed by atoms with Crippen molar-refractivity contribution in [1.29, 1.82) is 0 Å². The number of para-hydroxylation sites is 1. The number of hydrogen-bond acceptors (Lipinski definition) is 3. The molecule has 6 heteroatoms. The maximum Gasteiger partial charge on any atom is 0.234 e. The lowest BCUT2D eigenvalue weighted by molar-refractivity contribution is -0.123. The minimum atomic E-state index is -0.0754. The van der Waals surface area contributed by atoms with Crippen molar-refractivity contribution in [2.24, 2.45) is 0 Å². The van der Waals surface area contributed by atoms with Crippen molar-refractivity contribution in [3.63, 3.8) is 0 Å². The number of benzene rings is 1. The van der Waals surface area contributed by atoms with Gasteiger partial charge in [0.15, 0.2) is 0 Å². The number of nitrogens with one attached hydrogen (secondary N) is 3. The average molecular weight is 342 g/mol. The highest BCUT2D eigenvalue weighted by Crippen LogP contribution is 2.32. The Kier molecular flexibility index (Phi) is 5.71. The Morgan fingerprint density at radius 2 is 1.88 bits per heavy atom. The maximum absolute atomic E-state index is 12.0. The molecule has 0 saturated carbocycles.